The summed E-state index contributed by atoms with van der Waals surface area (Å²) in [6, 6.07) is 0. The largest absolute Gasteiger partial charge is 0.463 e. The third-order valence-electron chi connectivity index (χ3n) is 1.28. The Morgan fingerprint density at radius 1 is 1.62 bits per heavy atom. The molecule has 0 aromatic carbocycles. The van der Waals surface area contributed by atoms with Gasteiger partial charge in [-0.05, 0) is 6.92 Å². The number of hydrogen-bond donors (Lipinski definition) is 0. The van der Waals surface area contributed by atoms with Crippen molar-refractivity contribution in [3.63, 3.8) is 0 Å². The lowest BCUT2D eigenvalue weighted by Gasteiger charge is -1.98. The first-order chi connectivity index (χ1) is 6.29. The van der Waals surface area contributed by atoms with E-state index in [9.17, 15) is 4.79 Å². The van der Waals surface area contributed by atoms with E-state index in [4.69, 9.17) is 0 Å². The highest BCUT2D eigenvalue weighted by Crippen LogP contribution is 1.94. The van der Waals surface area contributed by atoms with Crippen molar-refractivity contribution in [1.29, 1.82) is 0 Å². The summed E-state index contributed by atoms with van der Waals surface area (Å²) in [6.07, 6.45) is 1.33. The zero-order valence-electron chi connectivity index (χ0n) is 8.44. The van der Waals surface area contributed by atoms with Gasteiger partial charge in [-0.15, -0.1) is 0 Å². The Kier molecular flexibility index (Phi) is 5.50. The molecule has 74 valence electrons. The van der Waals surface area contributed by atoms with Crippen molar-refractivity contribution in [2.45, 2.75) is 27.3 Å². The zero-order chi connectivity index (χ0) is 10.3. The number of carbonyl (C=O) groups excluding carboxylic acids is 1. The van der Waals surface area contributed by atoms with Gasteiger partial charge in [0.2, 0.25) is 5.82 Å². The van der Waals surface area contributed by atoms with Gasteiger partial charge >= 0.3 is 5.97 Å². The number of aromatic nitrogens is 3. The monoisotopic (exact) mass is 185 g/mol. The van der Waals surface area contributed by atoms with E-state index < -0.39 is 5.97 Å². The minimum absolute atomic E-state index is 0.245. The van der Waals surface area contributed by atoms with Gasteiger partial charge in [-0.1, -0.05) is 13.8 Å². The van der Waals surface area contributed by atoms with Crippen LogP contribution in [-0.4, -0.2) is 27.8 Å². The van der Waals surface area contributed by atoms with Crippen molar-refractivity contribution in [1.82, 2.24) is 14.8 Å². The Bertz CT molecular complexity index is 258. The molecule has 0 atom stereocenters. The van der Waals surface area contributed by atoms with E-state index in [-0.39, 0.29) is 5.82 Å². The molecule has 5 heteroatoms. The topological polar surface area (TPSA) is 57.0 Å². The predicted molar refractivity (Wildman–Crippen MR) is 48.4 cm³/mol. The van der Waals surface area contributed by atoms with Crippen molar-refractivity contribution in [2.75, 3.05) is 7.11 Å². The van der Waals surface area contributed by atoms with Crippen molar-refractivity contribution in [3.05, 3.63) is 12.2 Å². The van der Waals surface area contributed by atoms with Gasteiger partial charge in [0.25, 0.3) is 0 Å². The van der Waals surface area contributed by atoms with Gasteiger partial charge in [0.05, 0.1) is 7.11 Å². The molecular weight excluding hydrogens is 170 g/mol. The molecule has 0 bridgehead atoms. The summed E-state index contributed by atoms with van der Waals surface area (Å²) < 4.78 is 5.95. The minimum Gasteiger partial charge on any atom is -0.463 e. The van der Waals surface area contributed by atoms with E-state index in [2.05, 4.69) is 14.8 Å². The van der Waals surface area contributed by atoms with Gasteiger partial charge in [-0.3, -0.25) is 0 Å². The average molecular weight is 185 g/mol. The molecule has 0 spiro atoms. The van der Waals surface area contributed by atoms with Crippen LogP contribution >= 0.6 is 0 Å². The number of methoxy groups -OCH3 is 1. The van der Waals surface area contributed by atoms with Crippen molar-refractivity contribution in [3.8, 4) is 0 Å². The third-order valence-corrected chi connectivity index (χ3v) is 1.28. The first-order valence-electron chi connectivity index (χ1n) is 4.25. The Morgan fingerprint density at radius 3 is 2.69 bits per heavy atom. The molecule has 0 saturated heterocycles. The Hall–Kier alpha value is -1.39. The van der Waals surface area contributed by atoms with Gasteiger partial charge in [0.1, 0.15) is 6.33 Å². The van der Waals surface area contributed by atoms with Crippen LogP contribution in [0.4, 0.5) is 0 Å². The summed E-state index contributed by atoms with van der Waals surface area (Å²) in [5.41, 5.74) is 0. The van der Waals surface area contributed by atoms with Crippen LogP contribution in [0.2, 0.25) is 0 Å². The van der Waals surface area contributed by atoms with Gasteiger partial charge in [-0.2, -0.15) is 5.10 Å². The quantitative estimate of drug-likeness (QED) is 0.648. The van der Waals surface area contributed by atoms with E-state index in [1.807, 2.05) is 20.8 Å². The second-order valence-electron chi connectivity index (χ2n) is 1.89. The summed E-state index contributed by atoms with van der Waals surface area (Å²) in [7, 11) is 1.32. The lowest BCUT2D eigenvalue weighted by molar-refractivity contribution is 0.0579. The van der Waals surface area contributed by atoms with Crippen molar-refractivity contribution >= 4 is 5.97 Å². The fourth-order valence-corrected chi connectivity index (χ4v) is 0.745. The van der Waals surface area contributed by atoms with Crippen LogP contribution in [0, 0.1) is 0 Å². The Morgan fingerprint density at radius 2 is 2.23 bits per heavy atom. The number of esters is 1. The van der Waals surface area contributed by atoms with Crippen LogP contribution < -0.4 is 0 Å². The number of aryl methyl sites for hydroxylation is 1. The lowest BCUT2D eigenvalue weighted by Crippen LogP contribution is -2.11. The van der Waals surface area contributed by atoms with Crippen LogP contribution in [0.5, 0.6) is 0 Å². The molecule has 0 N–H and O–H groups in total. The molecule has 1 heterocycles. The SMILES string of the molecule is CC.CCn1ncnc1C(=O)OC. The third kappa shape index (κ3) is 2.85. The second kappa shape index (κ2) is 6.16. The van der Waals surface area contributed by atoms with Gasteiger partial charge in [-0.25, -0.2) is 14.5 Å². The van der Waals surface area contributed by atoms with Crippen LogP contribution in [0.25, 0.3) is 0 Å². The molecule has 1 aromatic rings. The number of nitrogens with zero attached hydrogens (tertiary/aromatic N) is 3. The maximum atomic E-state index is 10.9. The summed E-state index contributed by atoms with van der Waals surface area (Å²) in [5, 5.41) is 3.81. The lowest BCUT2D eigenvalue weighted by atomic mass is 10.6. The second-order valence-corrected chi connectivity index (χ2v) is 1.89. The molecule has 0 radical (unpaired) electrons. The molecule has 0 amide bonds. The fraction of sp³-hybridized carbons (Fsp3) is 0.625. The minimum atomic E-state index is -0.454. The van der Waals surface area contributed by atoms with Crippen molar-refractivity contribution in [2.24, 2.45) is 0 Å². The van der Waals surface area contributed by atoms with E-state index in [1.54, 1.807) is 0 Å². The van der Waals surface area contributed by atoms with Gasteiger partial charge in [0, 0.05) is 6.54 Å². The molecule has 13 heavy (non-hydrogen) atoms. The predicted octanol–water partition coefficient (Wildman–Crippen LogP) is 1.11. The standard InChI is InChI=1S/C6H9N3O2.C2H6/c1-3-9-5(6(10)11-2)7-4-8-9;1-2/h4H,3H2,1-2H3;1-2H3. The first kappa shape index (κ1) is 11.6. The van der Waals surface area contributed by atoms with E-state index in [0.29, 0.717) is 6.54 Å². The summed E-state index contributed by atoms with van der Waals surface area (Å²) >= 11 is 0. The molecule has 0 unspecified atom stereocenters. The van der Waals surface area contributed by atoms with Gasteiger partial charge < -0.3 is 4.74 Å². The average Bonchev–Trinajstić information content (AvgIpc) is 2.67. The molecular formula is C8H15N3O2. The highest BCUT2D eigenvalue weighted by Gasteiger charge is 2.11. The normalized spacial score (nSPS) is 8.62. The summed E-state index contributed by atoms with van der Waals surface area (Å²) in [6.45, 7) is 6.49. The smallest absolute Gasteiger partial charge is 0.375 e. The fourth-order valence-electron chi connectivity index (χ4n) is 0.745. The number of ether oxygens (including phenoxy) is 1. The van der Waals surface area contributed by atoms with E-state index >= 15 is 0 Å². The molecule has 0 saturated carbocycles. The molecule has 0 aliphatic heterocycles. The molecule has 0 fully saturated rings. The Balaban J connectivity index is 0.000000671. The number of rotatable bonds is 2. The zero-order valence-corrected chi connectivity index (χ0v) is 8.44. The van der Waals surface area contributed by atoms with Crippen LogP contribution in [-0.2, 0) is 11.3 Å². The number of carbonyl (C=O) groups is 1. The van der Waals surface area contributed by atoms with Crippen molar-refractivity contribution < 1.29 is 9.53 Å². The van der Waals surface area contributed by atoms with Crippen LogP contribution in [0.15, 0.2) is 6.33 Å². The highest BCUT2D eigenvalue weighted by molar-refractivity contribution is 5.85. The summed E-state index contributed by atoms with van der Waals surface area (Å²) in [4.78, 5) is 14.6. The number of hydrogen-bond acceptors (Lipinski definition) is 4. The van der Waals surface area contributed by atoms with Crippen LogP contribution in [0.3, 0.4) is 0 Å². The molecule has 0 aliphatic rings. The van der Waals surface area contributed by atoms with Crippen LogP contribution in [0.1, 0.15) is 31.4 Å². The van der Waals surface area contributed by atoms with E-state index in [1.165, 1.54) is 18.1 Å². The van der Waals surface area contributed by atoms with Gasteiger partial charge in [0.15, 0.2) is 0 Å². The highest BCUT2D eigenvalue weighted by atomic mass is 16.5. The molecule has 1 aromatic heterocycles. The maximum Gasteiger partial charge on any atom is 0.375 e. The summed E-state index contributed by atoms with van der Waals surface area (Å²) in [5.74, 6) is -0.209. The first-order valence-corrected chi connectivity index (χ1v) is 4.25. The van der Waals surface area contributed by atoms with E-state index in [0.717, 1.165) is 0 Å². The maximum absolute atomic E-state index is 10.9. The molecule has 5 nitrogen and oxygen atoms in total. The molecule has 0 aliphatic carbocycles. The Labute approximate surface area is 77.7 Å². The molecule has 1 rings (SSSR count).